The molecule has 0 aromatic heterocycles. The highest BCUT2D eigenvalue weighted by Crippen LogP contribution is 2.06. The monoisotopic (exact) mass is 299 g/mol. The number of rotatable bonds is 6. The lowest BCUT2D eigenvalue weighted by atomic mass is 10.3. The van der Waals surface area contributed by atoms with Gasteiger partial charge < -0.3 is 15.8 Å². The van der Waals surface area contributed by atoms with E-state index >= 15 is 0 Å². The molecule has 0 aliphatic carbocycles. The number of benzene rings is 2. The number of carbonyl (C=O) groups excluding carboxylic acids is 2. The minimum atomic E-state index is -0.402. The molecule has 0 saturated carbocycles. The van der Waals surface area contributed by atoms with Gasteiger partial charge in [-0.1, -0.05) is 36.4 Å². The molecule has 0 heterocycles. The maximum absolute atomic E-state index is 11.7. The third kappa shape index (κ3) is 5.35. The Morgan fingerprint density at radius 3 is 1.50 bits per heavy atom. The van der Waals surface area contributed by atoms with Crippen LogP contribution in [0.3, 0.4) is 0 Å². The number of nitrogens with one attached hydrogen (secondary N) is 2. The second kappa shape index (κ2) is 7.92. The van der Waals surface area contributed by atoms with Crippen LogP contribution in [0.5, 0.6) is 0 Å². The second-order valence-electron chi connectivity index (χ2n) is 4.65. The van der Waals surface area contributed by atoms with Crippen molar-refractivity contribution >= 4 is 23.2 Å². The summed E-state index contributed by atoms with van der Waals surface area (Å²) >= 11 is 0. The van der Waals surface area contributed by atoms with Crippen molar-refractivity contribution in [2.45, 2.75) is 0 Å². The predicted molar refractivity (Wildman–Crippen MR) is 83.5 cm³/mol. The Morgan fingerprint density at radius 2 is 1.14 bits per heavy atom. The first-order valence-corrected chi connectivity index (χ1v) is 6.77. The van der Waals surface area contributed by atoms with Crippen LogP contribution in [0.2, 0.25) is 0 Å². The highest BCUT2D eigenvalue weighted by atomic mass is 16.5. The van der Waals surface area contributed by atoms with Gasteiger partial charge in [-0.25, -0.2) is 0 Å². The van der Waals surface area contributed by atoms with Gasteiger partial charge in [0.1, 0.15) is 13.1 Å². The molecule has 0 aliphatic rings. The molecule has 0 fully saturated rings. The minimum absolute atomic E-state index is 0.295. The van der Waals surface area contributed by atoms with Gasteiger partial charge >= 0.3 is 0 Å². The van der Waals surface area contributed by atoms with Crippen LogP contribution in [-0.4, -0.2) is 35.2 Å². The van der Waals surface area contributed by atoms with Crippen molar-refractivity contribution in [2.24, 2.45) is 0 Å². The van der Waals surface area contributed by atoms with Crippen molar-refractivity contribution in [3.05, 3.63) is 60.7 Å². The van der Waals surface area contributed by atoms with Gasteiger partial charge in [0.15, 0.2) is 0 Å². The molecule has 0 aliphatic heterocycles. The smallest absolute Gasteiger partial charge is 0.241 e. The molecule has 3 N–H and O–H groups in total. The minimum Gasteiger partial charge on any atom is -0.325 e. The summed E-state index contributed by atoms with van der Waals surface area (Å²) in [6, 6.07) is 17.8. The molecular formula is C16H17N3O3. The maximum atomic E-state index is 11.7. The summed E-state index contributed by atoms with van der Waals surface area (Å²) in [4.78, 5) is 23.4. The highest BCUT2D eigenvalue weighted by Gasteiger charge is 2.12. The van der Waals surface area contributed by atoms with E-state index in [1.807, 2.05) is 12.1 Å². The summed E-state index contributed by atoms with van der Waals surface area (Å²) in [5, 5.41) is 15.6. The summed E-state index contributed by atoms with van der Waals surface area (Å²) < 4.78 is 0. The molecule has 114 valence electrons. The van der Waals surface area contributed by atoms with E-state index in [9.17, 15) is 14.8 Å². The van der Waals surface area contributed by atoms with Crippen LogP contribution < -0.4 is 10.6 Å². The van der Waals surface area contributed by atoms with E-state index in [-0.39, 0.29) is 13.1 Å². The Labute approximate surface area is 128 Å². The van der Waals surface area contributed by atoms with E-state index in [2.05, 4.69) is 10.6 Å². The van der Waals surface area contributed by atoms with Crippen molar-refractivity contribution < 1.29 is 14.8 Å². The van der Waals surface area contributed by atoms with Crippen LogP contribution in [0, 0.1) is 0 Å². The lowest BCUT2D eigenvalue weighted by Gasteiger charge is -2.14. The third-order valence-electron chi connectivity index (χ3n) is 2.77. The van der Waals surface area contributed by atoms with E-state index in [1.165, 1.54) is 0 Å². The Balaban J connectivity index is 1.76. The van der Waals surface area contributed by atoms with Crippen LogP contribution in [0.25, 0.3) is 0 Å². The van der Waals surface area contributed by atoms with Gasteiger partial charge in [0.05, 0.1) is 0 Å². The molecule has 2 rings (SSSR count). The van der Waals surface area contributed by atoms with E-state index in [4.69, 9.17) is 0 Å². The SMILES string of the molecule is O=C(CN(O)CC(=O)Nc1ccccc1)Nc1ccccc1. The van der Waals surface area contributed by atoms with Crippen molar-refractivity contribution in [3.63, 3.8) is 0 Å². The summed E-state index contributed by atoms with van der Waals surface area (Å²) in [5.74, 6) is -0.803. The lowest BCUT2D eigenvalue weighted by Crippen LogP contribution is -2.36. The largest absolute Gasteiger partial charge is 0.325 e. The Bertz CT molecular complexity index is 562. The van der Waals surface area contributed by atoms with Gasteiger partial charge in [-0.3, -0.25) is 9.59 Å². The zero-order valence-electron chi connectivity index (χ0n) is 11.9. The molecule has 0 radical (unpaired) electrons. The number of hydroxylamine groups is 2. The predicted octanol–water partition coefficient (Wildman–Crippen LogP) is 1.95. The van der Waals surface area contributed by atoms with Crippen LogP contribution in [0.15, 0.2) is 60.7 Å². The zero-order chi connectivity index (χ0) is 15.8. The molecule has 6 heteroatoms. The van der Waals surface area contributed by atoms with Crippen LogP contribution >= 0.6 is 0 Å². The lowest BCUT2D eigenvalue weighted by molar-refractivity contribution is -0.140. The van der Waals surface area contributed by atoms with Crippen molar-refractivity contribution in [3.8, 4) is 0 Å². The molecule has 6 nitrogen and oxygen atoms in total. The molecule has 0 atom stereocenters. The highest BCUT2D eigenvalue weighted by molar-refractivity contribution is 5.94. The fourth-order valence-electron chi connectivity index (χ4n) is 1.83. The van der Waals surface area contributed by atoms with Gasteiger partial charge in [-0.15, -0.1) is 0 Å². The zero-order valence-corrected chi connectivity index (χ0v) is 11.9. The number of amides is 2. The fourth-order valence-corrected chi connectivity index (χ4v) is 1.83. The maximum Gasteiger partial charge on any atom is 0.241 e. The first-order valence-electron chi connectivity index (χ1n) is 6.77. The standard InChI is InChI=1S/C16H17N3O3/c20-15(17-13-7-3-1-4-8-13)11-19(22)12-16(21)18-14-9-5-2-6-10-14/h1-10,22H,11-12H2,(H,17,20)(H,18,21). The molecule has 2 aromatic carbocycles. The molecule has 0 saturated heterocycles. The van der Waals surface area contributed by atoms with E-state index in [0.717, 1.165) is 0 Å². The van der Waals surface area contributed by atoms with Crippen molar-refractivity contribution in [1.29, 1.82) is 0 Å². The van der Waals surface area contributed by atoms with Crippen LogP contribution in [-0.2, 0) is 9.59 Å². The summed E-state index contributed by atoms with van der Waals surface area (Å²) in [7, 11) is 0. The van der Waals surface area contributed by atoms with Gasteiger partial charge in [-0.2, -0.15) is 5.06 Å². The molecule has 0 bridgehead atoms. The quantitative estimate of drug-likeness (QED) is 0.712. The molecule has 22 heavy (non-hydrogen) atoms. The summed E-state index contributed by atoms with van der Waals surface area (Å²) in [6.45, 7) is -0.589. The first-order chi connectivity index (χ1) is 10.6. The Hall–Kier alpha value is -2.70. The number of para-hydroxylation sites is 2. The summed E-state index contributed by atoms with van der Waals surface area (Å²) in [6.07, 6.45) is 0. The number of carbonyl (C=O) groups is 2. The molecule has 2 amide bonds. The normalized spacial score (nSPS) is 10.3. The van der Waals surface area contributed by atoms with Gasteiger partial charge in [0, 0.05) is 11.4 Å². The Kier molecular flexibility index (Phi) is 5.65. The third-order valence-corrected chi connectivity index (χ3v) is 2.77. The van der Waals surface area contributed by atoms with E-state index in [0.29, 0.717) is 16.4 Å². The van der Waals surface area contributed by atoms with Crippen LogP contribution in [0.4, 0.5) is 11.4 Å². The first kappa shape index (κ1) is 15.7. The Morgan fingerprint density at radius 1 is 0.773 bits per heavy atom. The molecule has 0 spiro atoms. The van der Waals surface area contributed by atoms with E-state index < -0.39 is 11.8 Å². The number of anilines is 2. The van der Waals surface area contributed by atoms with Gasteiger partial charge in [0.25, 0.3) is 0 Å². The number of hydrogen-bond acceptors (Lipinski definition) is 4. The van der Waals surface area contributed by atoms with Gasteiger partial charge in [-0.05, 0) is 24.3 Å². The number of nitrogens with zero attached hydrogens (tertiary/aromatic N) is 1. The fraction of sp³-hybridized carbons (Fsp3) is 0.125. The molecule has 0 unspecified atom stereocenters. The topological polar surface area (TPSA) is 81.7 Å². The summed E-state index contributed by atoms with van der Waals surface area (Å²) in [5.41, 5.74) is 1.27. The van der Waals surface area contributed by atoms with Gasteiger partial charge in [0.2, 0.25) is 11.8 Å². The van der Waals surface area contributed by atoms with Crippen molar-refractivity contribution in [2.75, 3.05) is 23.7 Å². The van der Waals surface area contributed by atoms with Crippen molar-refractivity contribution in [1.82, 2.24) is 5.06 Å². The van der Waals surface area contributed by atoms with Crippen LogP contribution in [0.1, 0.15) is 0 Å². The molecular weight excluding hydrogens is 282 g/mol. The molecule has 2 aromatic rings. The number of hydrogen-bond donors (Lipinski definition) is 3. The second-order valence-corrected chi connectivity index (χ2v) is 4.65. The average Bonchev–Trinajstić information content (AvgIpc) is 2.48. The average molecular weight is 299 g/mol. The van der Waals surface area contributed by atoms with E-state index in [1.54, 1.807) is 48.5 Å².